The molecule has 0 radical (unpaired) electrons. The van der Waals surface area contributed by atoms with Gasteiger partial charge in [-0.15, -0.1) is 0 Å². The Morgan fingerprint density at radius 2 is 2.14 bits per heavy atom. The average molecular weight is 469 g/mol. The molecule has 0 bridgehead atoms. The molecule has 1 aliphatic carbocycles. The lowest BCUT2D eigenvalue weighted by Gasteiger charge is -2.35. The van der Waals surface area contributed by atoms with Gasteiger partial charge in [0.15, 0.2) is 0 Å². The first-order chi connectivity index (χ1) is 13.4. The Balaban J connectivity index is 1.72. The van der Waals surface area contributed by atoms with Crippen LogP contribution in [0.15, 0.2) is 51.9 Å². The van der Waals surface area contributed by atoms with E-state index in [2.05, 4.69) is 21.2 Å². The fourth-order valence-corrected chi connectivity index (χ4v) is 6.01. The van der Waals surface area contributed by atoms with E-state index in [9.17, 15) is 18.3 Å². The van der Waals surface area contributed by atoms with Crippen molar-refractivity contribution in [2.75, 3.05) is 18.5 Å². The molecule has 2 atom stereocenters. The van der Waals surface area contributed by atoms with Gasteiger partial charge in [-0.05, 0) is 50.0 Å². The number of rotatable bonds is 6. The van der Waals surface area contributed by atoms with Gasteiger partial charge in [0.1, 0.15) is 0 Å². The van der Waals surface area contributed by atoms with E-state index >= 15 is 0 Å². The highest BCUT2D eigenvalue weighted by atomic mass is 79.9. The largest absolute Gasteiger partial charge is 0.396 e. The predicted octanol–water partition coefficient (Wildman–Crippen LogP) is 3.41. The van der Waals surface area contributed by atoms with Crippen LogP contribution in [0, 0.1) is 5.92 Å². The molecule has 2 unspecified atom stereocenters. The van der Waals surface area contributed by atoms with Gasteiger partial charge in [-0.3, -0.25) is 4.79 Å². The fourth-order valence-electron chi connectivity index (χ4n) is 3.70. The lowest BCUT2D eigenvalue weighted by molar-refractivity contribution is -0.118. The summed E-state index contributed by atoms with van der Waals surface area (Å²) >= 11 is 3.37. The van der Waals surface area contributed by atoms with Crippen LogP contribution < -0.4 is 5.32 Å². The van der Waals surface area contributed by atoms with Crippen molar-refractivity contribution in [1.82, 2.24) is 4.31 Å². The molecule has 1 fully saturated rings. The van der Waals surface area contributed by atoms with E-state index in [0.29, 0.717) is 18.7 Å². The van der Waals surface area contributed by atoms with E-state index in [-0.39, 0.29) is 29.9 Å². The van der Waals surface area contributed by atoms with E-state index in [1.54, 1.807) is 30.4 Å². The zero-order chi connectivity index (χ0) is 20.1. The van der Waals surface area contributed by atoms with Crippen LogP contribution in [0.4, 0.5) is 5.69 Å². The zero-order valence-corrected chi connectivity index (χ0v) is 18.0. The van der Waals surface area contributed by atoms with Gasteiger partial charge < -0.3 is 10.4 Å². The van der Waals surface area contributed by atoms with Crippen molar-refractivity contribution in [3.63, 3.8) is 0 Å². The molecule has 0 aromatic heterocycles. The maximum absolute atomic E-state index is 13.2. The number of sulfonamides is 1. The minimum absolute atomic E-state index is 0.0344. The van der Waals surface area contributed by atoms with Crippen molar-refractivity contribution in [1.29, 1.82) is 0 Å². The number of benzene rings is 1. The molecule has 152 valence electrons. The van der Waals surface area contributed by atoms with Crippen LogP contribution in [0.25, 0.3) is 0 Å². The summed E-state index contributed by atoms with van der Waals surface area (Å²) in [6.45, 7) is 0.427. The Morgan fingerprint density at radius 3 is 2.89 bits per heavy atom. The number of halogens is 1. The van der Waals surface area contributed by atoms with E-state index in [1.165, 1.54) is 4.31 Å². The summed E-state index contributed by atoms with van der Waals surface area (Å²) in [5, 5.41) is 12.1. The third-order valence-corrected chi connectivity index (χ3v) is 7.71. The van der Waals surface area contributed by atoms with Crippen molar-refractivity contribution >= 4 is 37.5 Å². The first-order valence-corrected chi connectivity index (χ1v) is 11.7. The monoisotopic (exact) mass is 468 g/mol. The van der Waals surface area contributed by atoms with Crippen molar-refractivity contribution in [3.05, 3.63) is 51.9 Å². The summed E-state index contributed by atoms with van der Waals surface area (Å²) in [6, 6.07) is 7.10. The first-order valence-electron chi connectivity index (χ1n) is 9.48. The molecule has 0 saturated carbocycles. The van der Waals surface area contributed by atoms with Crippen molar-refractivity contribution in [2.24, 2.45) is 5.92 Å². The second-order valence-electron chi connectivity index (χ2n) is 7.11. The molecule has 0 spiro atoms. The topological polar surface area (TPSA) is 86.7 Å². The number of carbonyl (C=O) groups excluding carboxylic acids is 1. The standard InChI is InChI=1S/C20H25BrN2O4S/c21-16-6-4-7-17(14-16)22-20(25)15-5-3-9-19(13-15)28(26,27)23-11-2-1-8-18(23)10-12-24/h3-7,9,14-15,18,24H,1-2,8,10-13H2,(H,22,25). The molecule has 8 heteroatoms. The Morgan fingerprint density at radius 1 is 1.32 bits per heavy atom. The third-order valence-electron chi connectivity index (χ3n) is 5.15. The Hall–Kier alpha value is -1.48. The van der Waals surface area contributed by atoms with Crippen LogP contribution in [0.1, 0.15) is 32.1 Å². The molecule has 1 aromatic carbocycles. The van der Waals surface area contributed by atoms with Crippen LogP contribution in [0.2, 0.25) is 0 Å². The van der Waals surface area contributed by atoms with Crippen molar-refractivity contribution < 1.29 is 18.3 Å². The van der Waals surface area contributed by atoms with Crippen LogP contribution in [0.5, 0.6) is 0 Å². The van der Waals surface area contributed by atoms with E-state index in [0.717, 1.165) is 23.7 Å². The van der Waals surface area contributed by atoms with E-state index < -0.39 is 15.9 Å². The highest BCUT2D eigenvalue weighted by Gasteiger charge is 2.36. The Labute approximate surface area is 174 Å². The molecule has 1 amide bonds. The number of nitrogens with one attached hydrogen (secondary N) is 1. The summed E-state index contributed by atoms with van der Waals surface area (Å²) in [6.07, 6.45) is 8.08. The first kappa shape index (κ1) is 21.2. The number of carbonyl (C=O) groups is 1. The second kappa shape index (κ2) is 9.35. The quantitative estimate of drug-likeness (QED) is 0.669. The zero-order valence-electron chi connectivity index (χ0n) is 15.6. The van der Waals surface area contributed by atoms with Gasteiger partial charge in [0.2, 0.25) is 15.9 Å². The number of nitrogens with zero attached hydrogens (tertiary/aromatic N) is 1. The predicted molar refractivity (Wildman–Crippen MR) is 113 cm³/mol. The molecule has 2 aliphatic rings. The molecule has 2 N–H and O–H groups in total. The minimum Gasteiger partial charge on any atom is -0.396 e. The molecule has 1 heterocycles. The van der Waals surface area contributed by atoms with Crippen LogP contribution in [-0.4, -0.2) is 42.9 Å². The van der Waals surface area contributed by atoms with Gasteiger partial charge in [0, 0.05) is 29.4 Å². The number of amides is 1. The average Bonchev–Trinajstić information content (AvgIpc) is 2.69. The Bertz CT molecular complexity index is 880. The van der Waals surface area contributed by atoms with Crippen LogP contribution >= 0.6 is 15.9 Å². The molecule has 1 saturated heterocycles. The minimum atomic E-state index is -3.66. The number of aliphatic hydroxyl groups excluding tert-OH is 1. The van der Waals surface area contributed by atoms with Crippen molar-refractivity contribution in [3.8, 4) is 0 Å². The fraction of sp³-hybridized carbons (Fsp3) is 0.450. The van der Waals surface area contributed by atoms with Gasteiger partial charge in [-0.2, -0.15) is 4.31 Å². The second-order valence-corrected chi connectivity index (χ2v) is 9.96. The normalized spacial score (nSPS) is 23.3. The lowest BCUT2D eigenvalue weighted by Crippen LogP contribution is -2.45. The molecular weight excluding hydrogens is 444 g/mol. The molecule has 3 rings (SSSR count). The molecule has 1 aliphatic heterocycles. The number of allylic oxidation sites excluding steroid dienone is 3. The van der Waals surface area contributed by atoms with Crippen LogP contribution in [0.3, 0.4) is 0 Å². The number of piperidine rings is 1. The highest BCUT2D eigenvalue weighted by Crippen LogP contribution is 2.31. The number of hydrogen-bond donors (Lipinski definition) is 2. The molecular formula is C20H25BrN2O4S. The van der Waals surface area contributed by atoms with Crippen molar-refractivity contribution in [2.45, 2.75) is 38.1 Å². The third kappa shape index (κ3) is 4.92. The summed E-state index contributed by atoms with van der Waals surface area (Å²) in [7, 11) is -3.66. The number of anilines is 1. The van der Waals surface area contributed by atoms with Gasteiger partial charge in [-0.25, -0.2) is 8.42 Å². The van der Waals surface area contributed by atoms with Gasteiger partial charge in [0.05, 0.1) is 10.8 Å². The lowest BCUT2D eigenvalue weighted by atomic mass is 9.99. The van der Waals surface area contributed by atoms with Gasteiger partial charge >= 0.3 is 0 Å². The smallest absolute Gasteiger partial charge is 0.239 e. The SMILES string of the molecule is O=C(Nc1cccc(Br)c1)C1C=CC=C(S(=O)(=O)N2CCCCC2CCO)C1. The van der Waals surface area contributed by atoms with Crippen LogP contribution in [-0.2, 0) is 14.8 Å². The van der Waals surface area contributed by atoms with E-state index in [1.807, 2.05) is 12.1 Å². The summed E-state index contributed by atoms with van der Waals surface area (Å²) in [4.78, 5) is 12.9. The van der Waals surface area contributed by atoms with Gasteiger partial charge in [0.25, 0.3) is 0 Å². The summed E-state index contributed by atoms with van der Waals surface area (Å²) in [5.74, 6) is -0.782. The van der Waals surface area contributed by atoms with Gasteiger partial charge in [-0.1, -0.05) is 40.6 Å². The number of aliphatic hydroxyl groups is 1. The molecule has 28 heavy (non-hydrogen) atoms. The van der Waals surface area contributed by atoms with E-state index in [4.69, 9.17) is 0 Å². The maximum atomic E-state index is 13.2. The number of hydrogen-bond acceptors (Lipinski definition) is 4. The maximum Gasteiger partial charge on any atom is 0.239 e. The molecule has 6 nitrogen and oxygen atoms in total. The summed E-state index contributed by atoms with van der Waals surface area (Å²) in [5.41, 5.74) is 0.658. The summed E-state index contributed by atoms with van der Waals surface area (Å²) < 4.78 is 28.8. The Kier molecular flexibility index (Phi) is 7.09. The molecule has 1 aromatic rings. The highest BCUT2D eigenvalue weighted by molar-refractivity contribution is 9.10.